The summed E-state index contributed by atoms with van der Waals surface area (Å²) >= 11 is 5.82. The molecule has 8 heteroatoms. The fourth-order valence-corrected chi connectivity index (χ4v) is 5.34. The molecule has 0 bridgehead atoms. The van der Waals surface area contributed by atoms with E-state index in [-0.39, 0.29) is 24.5 Å². The molecule has 1 fully saturated rings. The van der Waals surface area contributed by atoms with Crippen LogP contribution in [0, 0.1) is 0 Å². The molecular weight excluding hydrogens is 448 g/mol. The lowest BCUT2D eigenvalue weighted by Gasteiger charge is -2.20. The standard InChI is InChI=1S/C24H29ClN2O4S/c25-21-9-7-20(8-10-21)23(28)13-14-24(29)26-16-15-19-5-11-22(12-6-19)32(30,31)27-17-3-1-2-4-18-27/h5-12H,1-4,13-18H2,(H,26,29). The van der Waals surface area contributed by atoms with Gasteiger partial charge in [0.05, 0.1) is 4.90 Å². The van der Waals surface area contributed by atoms with Gasteiger partial charge in [0.1, 0.15) is 0 Å². The summed E-state index contributed by atoms with van der Waals surface area (Å²) in [5.74, 6) is -0.286. The van der Waals surface area contributed by atoms with E-state index in [0.717, 1.165) is 31.2 Å². The largest absolute Gasteiger partial charge is 0.356 e. The fraction of sp³-hybridized carbons (Fsp3) is 0.417. The Labute approximate surface area is 195 Å². The van der Waals surface area contributed by atoms with Crippen molar-refractivity contribution in [2.24, 2.45) is 0 Å². The first-order valence-electron chi connectivity index (χ1n) is 11.0. The van der Waals surface area contributed by atoms with Gasteiger partial charge in [-0.3, -0.25) is 9.59 Å². The molecule has 1 saturated heterocycles. The van der Waals surface area contributed by atoms with E-state index < -0.39 is 10.0 Å². The van der Waals surface area contributed by atoms with Gasteiger partial charge in [-0.1, -0.05) is 36.6 Å². The van der Waals surface area contributed by atoms with Crippen molar-refractivity contribution in [2.75, 3.05) is 19.6 Å². The van der Waals surface area contributed by atoms with Crippen LogP contribution in [0.25, 0.3) is 0 Å². The smallest absolute Gasteiger partial charge is 0.243 e. The molecule has 3 rings (SSSR count). The highest BCUT2D eigenvalue weighted by molar-refractivity contribution is 7.89. The second kappa shape index (κ2) is 11.6. The number of hydrogen-bond acceptors (Lipinski definition) is 4. The van der Waals surface area contributed by atoms with Crippen LogP contribution in [0.3, 0.4) is 0 Å². The van der Waals surface area contributed by atoms with Gasteiger partial charge in [-0.05, 0) is 61.2 Å². The number of ketones is 1. The molecule has 1 N–H and O–H groups in total. The summed E-state index contributed by atoms with van der Waals surface area (Å²) in [4.78, 5) is 24.5. The van der Waals surface area contributed by atoms with E-state index in [2.05, 4.69) is 5.32 Å². The summed E-state index contributed by atoms with van der Waals surface area (Å²) in [5, 5.41) is 3.37. The third-order valence-electron chi connectivity index (χ3n) is 5.61. The third-order valence-corrected chi connectivity index (χ3v) is 7.77. The second-order valence-electron chi connectivity index (χ2n) is 7.99. The number of halogens is 1. The maximum atomic E-state index is 12.8. The number of benzene rings is 2. The van der Waals surface area contributed by atoms with E-state index in [0.29, 0.717) is 41.5 Å². The molecule has 0 atom stereocenters. The molecule has 0 aromatic heterocycles. The van der Waals surface area contributed by atoms with Crippen molar-refractivity contribution in [3.05, 3.63) is 64.7 Å². The van der Waals surface area contributed by atoms with Crippen molar-refractivity contribution in [3.8, 4) is 0 Å². The Bertz CT molecular complexity index is 1010. The van der Waals surface area contributed by atoms with Crippen molar-refractivity contribution in [3.63, 3.8) is 0 Å². The minimum atomic E-state index is -3.45. The van der Waals surface area contributed by atoms with Gasteiger partial charge < -0.3 is 5.32 Å². The van der Waals surface area contributed by atoms with Gasteiger partial charge in [0.2, 0.25) is 15.9 Å². The van der Waals surface area contributed by atoms with E-state index in [1.165, 1.54) is 0 Å². The Balaban J connectivity index is 1.43. The molecule has 2 aromatic rings. The van der Waals surface area contributed by atoms with E-state index in [4.69, 9.17) is 11.6 Å². The zero-order chi connectivity index (χ0) is 23.0. The highest BCUT2D eigenvalue weighted by Gasteiger charge is 2.24. The molecule has 1 aliphatic rings. The minimum Gasteiger partial charge on any atom is -0.356 e. The van der Waals surface area contributed by atoms with Crippen LogP contribution in [0.4, 0.5) is 0 Å². The van der Waals surface area contributed by atoms with Crippen molar-refractivity contribution >= 4 is 33.3 Å². The summed E-state index contributed by atoms with van der Waals surface area (Å²) in [6.07, 6.45) is 4.80. The minimum absolute atomic E-state index is 0.0991. The average molecular weight is 477 g/mol. The van der Waals surface area contributed by atoms with Crippen molar-refractivity contribution in [1.29, 1.82) is 0 Å². The number of rotatable bonds is 9. The van der Waals surface area contributed by atoms with Gasteiger partial charge in [0, 0.05) is 43.1 Å². The van der Waals surface area contributed by atoms with Gasteiger partial charge in [0.15, 0.2) is 5.78 Å². The van der Waals surface area contributed by atoms with Gasteiger partial charge in [-0.15, -0.1) is 0 Å². The van der Waals surface area contributed by atoms with Crippen LogP contribution in [0.2, 0.25) is 5.02 Å². The average Bonchev–Trinajstić information content (AvgIpc) is 3.09. The molecule has 0 spiro atoms. The number of nitrogens with zero attached hydrogens (tertiary/aromatic N) is 1. The maximum Gasteiger partial charge on any atom is 0.243 e. The molecule has 0 radical (unpaired) electrons. The number of nitrogens with one attached hydrogen (secondary N) is 1. The Morgan fingerprint density at radius 2 is 1.50 bits per heavy atom. The molecule has 0 unspecified atom stereocenters. The first kappa shape index (κ1) is 24.4. The van der Waals surface area contributed by atoms with Crippen molar-refractivity contribution < 1.29 is 18.0 Å². The van der Waals surface area contributed by atoms with Crippen LogP contribution in [0.1, 0.15) is 54.4 Å². The van der Waals surface area contributed by atoms with E-state index in [1.807, 2.05) is 0 Å². The van der Waals surface area contributed by atoms with Crippen LogP contribution in [-0.4, -0.2) is 44.0 Å². The number of Topliss-reactive ketones (excluding diaryl/α,β-unsaturated/α-hetero) is 1. The lowest BCUT2D eigenvalue weighted by molar-refractivity contribution is -0.121. The molecule has 2 aromatic carbocycles. The summed E-state index contributed by atoms with van der Waals surface area (Å²) in [6, 6.07) is 13.5. The first-order chi connectivity index (χ1) is 15.4. The highest BCUT2D eigenvalue weighted by Crippen LogP contribution is 2.20. The monoisotopic (exact) mass is 476 g/mol. The van der Waals surface area contributed by atoms with Crippen LogP contribution in [0.15, 0.2) is 53.4 Å². The first-order valence-corrected chi connectivity index (χ1v) is 12.8. The predicted molar refractivity (Wildman–Crippen MR) is 125 cm³/mol. The number of amides is 1. The van der Waals surface area contributed by atoms with Gasteiger partial charge in [-0.25, -0.2) is 8.42 Å². The quantitative estimate of drug-likeness (QED) is 0.549. The SMILES string of the molecule is O=C(CCC(=O)c1ccc(Cl)cc1)NCCc1ccc(S(=O)(=O)N2CCCCCC2)cc1. The fourth-order valence-electron chi connectivity index (χ4n) is 3.70. The van der Waals surface area contributed by atoms with Gasteiger partial charge in [-0.2, -0.15) is 4.31 Å². The molecule has 0 aliphatic carbocycles. The van der Waals surface area contributed by atoms with Gasteiger partial charge in [0.25, 0.3) is 0 Å². The van der Waals surface area contributed by atoms with Crippen LogP contribution in [-0.2, 0) is 21.2 Å². The molecule has 1 aliphatic heterocycles. The summed E-state index contributed by atoms with van der Waals surface area (Å²) in [5.41, 5.74) is 1.48. The number of carbonyl (C=O) groups excluding carboxylic acids is 2. The number of hydrogen-bond donors (Lipinski definition) is 1. The van der Waals surface area contributed by atoms with E-state index >= 15 is 0 Å². The molecule has 1 amide bonds. The number of sulfonamides is 1. The Morgan fingerprint density at radius 1 is 0.875 bits per heavy atom. The summed E-state index contributed by atoms with van der Waals surface area (Å²) in [6.45, 7) is 1.58. The number of carbonyl (C=O) groups is 2. The van der Waals surface area contributed by atoms with Crippen LogP contribution < -0.4 is 5.32 Å². The van der Waals surface area contributed by atoms with Gasteiger partial charge >= 0.3 is 0 Å². The molecule has 6 nitrogen and oxygen atoms in total. The molecule has 0 saturated carbocycles. The molecule has 172 valence electrons. The van der Waals surface area contributed by atoms with Crippen LogP contribution >= 0.6 is 11.6 Å². The molecular formula is C24H29ClN2O4S. The third kappa shape index (κ3) is 6.89. The Morgan fingerprint density at radius 3 is 2.12 bits per heavy atom. The van der Waals surface area contributed by atoms with Crippen molar-refractivity contribution in [1.82, 2.24) is 9.62 Å². The maximum absolute atomic E-state index is 12.8. The lowest BCUT2D eigenvalue weighted by atomic mass is 10.1. The Kier molecular flexibility index (Phi) is 8.84. The predicted octanol–water partition coefficient (Wildman–Crippen LogP) is 4.23. The normalized spacial score (nSPS) is 15.2. The van der Waals surface area contributed by atoms with E-state index in [9.17, 15) is 18.0 Å². The topological polar surface area (TPSA) is 83.5 Å². The lowest BCUT2D eigenvalue weighted by Crippen LogP contribution is -2.31. The summed E-state index contributed by atoms with van der Waals surface area (Å²) < 4.78 is 27.3. The highest BCUT2D eigenvalue weighted by atomic mass is 35.5. The van der Waals surface area contributed by atoms with E-state index in [1.54, 1.807) is 52.8 Å². The molecule has 1 heterocycles. The second-order valence-corrected chi connectivity index (χ2v) is 10.4. The zero-order valence-corrected chi connectivity index (χ0v) is 19.6. The van der Waals surface area contributed by atoms with Crippen LogP contribution in [0.5, 0.6) is 0 Å². The zero-order valence-electron chi connectivity index (χ0n) is 18.1. The Hall–Kier alpha value is -2.22. The van der Waals surface area contributed by atoms with Crippen molar-refractivity contribution in [2.45, 2.75) is 49.8 Å². The molecule has 32 heavy (non-hydrogen) atoms. The summed E-state index contributed by atoms with van der Waals surface area (Å²) in [7, 11) is -3.45.